The average molecular weight is 433 g/mol. The van der Waals surface area contributed by atoms with Gasteiger partial charge in [0.05, 0.1) is 7.11 Å². The zero-order valence-corrected chi connectivity index (χ0v) is 18.3. The highest BCUT2D eigenvalue weighted by Crippen LogP contribution is 2.34. The Balaban J connectivity index is 2.53. The molecular weight excluding hydrogens is 404 g/mol. The highest BCUT2D eigenvalue weighted by molar-refractivity contribution is 9.08. The van der Waals surface area contributed by atoms with Crippen LogP contribution in [0.4, 0.5) is 0 Å². The Morgan fingerprint density at radius 3 is 2.19 bits per heavy atom. The summed E-state index contributed by atoms with van der Waals surface area (Å²) in [7, 11) is 1.41. The number of carbonyl (C=O) groups is 1. The predicted octanol–water partition coefficient (Wildman–Crippen LogP) is 6.09. The quantitative estimate of drug-likeness (QED) is 0.355. The molecule has 0 spiro atoms. The second kappa shape index (κ2) is 10.5. The molecule has 0 amide bonds. The van der Waals surface area contributed by atoms with Crippen molar-refractivity contribution in [1.82, 2.24) is 0 Å². The number of rotatable bonds is 9. The van der Waals surface area contributed by atoms with Crippen LogP contribution < -0.4 is 4.74 Å². The molecule has 2 aromatic rings. The second-order valence-corrected chi connectivity index (χ2v) is 7.37. The summed E-state index contributed by atoms with van der Waals surface area (Å²) in [5, 5.41) is 0.805. The van der Waals surface area contributed by atoms with E-state index in [-0.39, 0.29) is 5.97 Å². The van der Waals surface area contributed by atoms with Crippen LogP contribution in [0.3, 0.4) is 0 Å². The molecule has 27 heavy (non-hydrogen) atoms. The number of halogens is 1. The lowest BCUT2D eigenvalue weighted by atomic mass is 9.98. The summed E-state index contributed by atoms with van der Waals surface area (Å²) in [6.07, 6.45) is 3.08. The fourth-order valence-corrected chi connectivity index (χ4v) is 3.60. The molecule has 4 heteroatoms. The zero-order chi connectivity index (χ0) is 19.8. The van der Waals surface area contributed by atoms with E-state index in [1.165, 1.54) is 12.7 Å². The van der Waals surface area contributed by atoms with Crippen LogP contribution in [-0.4, -0.2) is 13.1 Å². The number of esters is 1. The third-order valence-corrected chi connectivity index (χ3v) is 5.14. The van der Waals surface area contributed by atoms with Gasteiger partial charge >= 0.3 is 5.97 Å². The first-order chi connectivity index (χ1) is 13.0. The van der Waals surface area contributed by atoms with E-state index in [1.54, 1.807) is 0 Å². The van der Waals surface area contributed by atoms with Crippen molar-refractivity contribution in [3.05, 3.63) is 64.2 Å². The van der Waals surface area contributed by atoms with Crippen LogP contribution in [0.2, 0.25) is 0 Å². The molecule has 146 valence electrons. The maximum Gasteiger partial charge on any atom is 0.351 e. The zero-order valence-electron chi connectivity index (χ0n) is 16.7. The van der Waals surface area contributed by atoms with Crippen LogP contribution in [0.25, 0.3) is 0 Å². The fraction of sp³-hybridized carbons (Fsp3) is 0.435. The van der Waals surface area contributed by atoms with E-state index in [2.05, 4.69) is 41.9 Å². The van der Waals surface area contributed by atoms with Crippen molar-refractivity contribution in [2.24, 2.45) is 0 Å². The highest BCUT2D eigenvalue weighted by atomic mass is 79.9. The number of methoxy groups -OCH3 is 1. The largest absolute Gasteiger partial charge is 0.473 e. The summed E-state index contributed by atoms with van der Waals surface area (Å²) in [5.41, 5.74) is 5.44. The minimum Gasteiger partial charge on any atom is -0.473 e. The first-order valence-corrected chi connectivity index (χ1v) is 10.7. The lowest BCUT2D eigenvalue weighted by molar-refractivity contribution is -0.149. The number of alkyl halides is 1. The van der Waals surface area contributed by atoms with Gasteiger partial charge in [-0.1, -0.05) is 84.6 Å². The van der Waals surface area contributed by atoms with Gasteiger partial charge < -0.3 is 9.47 Å². The van der Waals surface area contributed by atoms with Crippen LogP contribution in [0, 0.1) is 6.92 Å². The lowest BCUT2D eigenvalue weighted by Crippen LogP contribution is -2.21. The van der Waals surface area contributed by atoms with E-state index in [0.717, 1.165) is 59.0 Å². The van der Waals surface area contributed by atoms with Crippen molar-refractivity contribution in [2.45, 2.75) is 57.9 Å². The summed E-state index contributed by atoms with van der Waals surface area (Å²) in [5.74, 6) is 0.454. The lowest BCUT2D eigenvalue weighted by Gasteiger charge is -2.23. The van der Waals surface area contributed by atoms with Crippen molar-refractivity contribution in [3.63, 3.8) is 0 Å². The first kappa shape index (κ1) is 21.5. The molecule has 1 atom stereocenters. The van der Waals surface area contributed by atoms with Gasteiger partial charge in [0.25, 0.3) is 0 Å². The molecular formula is C23H29BrO3. The Morgan fingerprint density at radius 1 is 1.07 bits per heavy atom. The topological polar surface area (TPSA) is 35.5 Å². The molecule has 0 saturated heterocycles. The summed E-state index contributed by atoms with van der Waals surface area (Å²) in [4.78, 5) is 12.5. The predicted molar refractivity (Wildman–Crippen MR) is 114 cm³/mol. The van der Waals surface area contributed by atoms with E-state index in [1.807, 2.05) is 31.2 Å². The molecule has 1 unspecified atom stereocenters. The van der Waals surface area contributed by atoms with Crippen LogP contribution >= 0.6 is 15.9 Å². The van der Waals surface area contributed by atoms with Gasteiger partial charge in [-0.3, -0.25) is 0 Å². The fourth-order valence-electron chi connectivity index (χ4n) is 3.28. The van der Waals surface area contributed by atoms with Gasteiger partial charge in [-0.05, 0) is 36.5 Å². The van der Waals surface area contributed by atoms with Gasteiger partial charge in [-0.2, -0.15) is 0 Å². The van der Waals surface area contributed by atoms with Crippen molar-refractivity contribution in [1.29, 1.82) is 0 Å². The third kappa shape index (κ3) is 5.58. The van der Waals surface area contributed by atoms with Crippen LogP contribution in [0.1, 0.15) is 60.6 Å². The Bertz CT molecular complexity index is 743. The molecule has 0 aromatic heterocycles. The minimum absolute atomic E-state index is 0.380. The summed E-state index contributed by atoms with van der Waals surface area (Å²) < 4.78 is 11.4. The number of ether oxygens (including phenoxy) is 2. The second-order valence-electron chi connectivity index (χ2n) is 6.81. The van der Waals surface area contributed by atoms with Gasteiger partial charge in [0.2, 0.25) is 6.10 Å². The van der Waals surface area contributed by atoms with Gasteiger partial charge in [0.15, 0.2) is 0 Å². The molecule has 0 bridgehead atoms. The number of carbonyl (C=O) groups excluding carboxylic acids is 1. The van der Waals surface area contributed by atoms with Crippen LogP contribution in [0.5, 0.6) is 5.75 Å². The Morgan fingerprint density at radius 2 is 1.70 bits per heavy atom. The average Bonchev–Trinajstić information content (AvgIpc) is 2.67. The van der Waals surface area contributed by atoms with E-state index in [4.69, 9.17) is 9.47 Å². The maximum atomic E-state index is 12.5. The monoisotopic (exact) mass is 432 g/mol. The summed E-state index contributed by atoms with van der Waals surface area (Å²) in [6.45, 7) is 6.32. The van der Waals surface area contributed by atoms with E-state index >= 15 is 0 Å². The molecule has 0 aliphatic heterocycles. The van der Waals surface area contributed by atoms with Gasteiger partial charge in [-0.25, -0.2) is 4.79 Å². The number of aryl methyl sites for hydroxylation is 3. The normalized spacial score (nSPS) is 11.9. The maximum absolute atomic E-state index is 12.5. The Labute approximate surface area is 171 Å². The van der Waals surface area contributed by atoms with Crippen molar-refractivity contribution >= 4 is 21.9 Å². The van der Waals surface area contributed by atoms with E-state index < -0.39 is 6.10 Å². The number of hydrogen-bond donors (Lipinski definition) is 0. The molecule has 0 aliphatic rings. The third-order valence-electron chi connectivity index (χ3n) is 4.49. The van der Waals surface area contributed by atoms with Gasteiger partial charge in [-0.15, -0.1) is 0 Å². The van der Waals surface area contributed by atoms with Crippen LogP contribution in [0.15, 0.2) is 36.4 Å². The van der Waals surface area contributed by atoms with Crippen LogP contribution in [-0.2, 0) is 27.7 Å². The SMILES string of the molecule is CCCc1cc(CBr)cc(CCC)c1OC(C(=O)OC)c1cccc(C)c1. The highest BCUT2D eigenvalue weighted by Gasteiger charge is 2.26. The standard InChI is InChI=1S/C23H29BrO3/c1-5-8-18-13-17(15-24)14-19(9-6-2)21(18)27-22(23(25)26-4)20-11-7-10-16(3)12-20/h7,10-14,22H,5-6,8-9,15H2,1-4H3. The summed E-state index contributed by atoms with van der Waals surface area (Å²) in [6, 6.07) is 12.2. The molecule has 0 radical (unpaired) electrons. The van der Waals surface area contributed by atoms with E-state index in [0.29, 0.717) is 0 Å². The smallest absolute Gasteiger partial charge is 0.351 e. The first-order valence-electron chi connectivity index (χ1n) is 9.55. The minimum atomic E-state index is -0.768. The number of benzene rings is 2. The van der Waals surface area contributed by atoms with Gasteiger partial charge in [0, 0.05) is 10.9 Å². The number of hydrogen-bond acceptors (Lipinski definition) is 3. The molecule has 3 nitrogen and oxygen atoms in total. The van der Waals surface area contributed by atoms with Gasteiger partial charge in [0.1, 0.15) is 5.75 Å². The molecule has 2 rings (SSSR count). The molecule has 0 N–H and O–H groups in total. The molecule has 2 aromatic carbocycles. The van der Waals surface area contributed by atoms with Crippen molar-refractivity contribution in [2.75, 3.05) is 7.11 Å². The molecule has 0 aliphatic carbocycles. The Kier molecular flexibility index (Phi) is 8.36. The molecule has 0 fully saturated rings. The van der Waals surface area contributed by atoms with E-state index in [9.17, 15) is 4.79 Å². The Hall–Kier alpha value is -1.81. The summed E-state index contributed by atoms with van der Waals surface area (Å²) >= 11 is 3.57. The molecule has 0 heterocycles. The molecule has 0 saturated carbocycles. The van der Waals surface area contributed by atoms with Crippen molar-refractivity contribution < 1.29 is 14.3 Å². The van der Waals surface area contributed by atoms with Crippen molar-refractivity contribution in [3.8, 4) is 5.75 Å².